The van der Waals surface area contributed by atoms with Gasteiger partial charge in [0.1, 0.15) is 0 Å². The first-order valence-corrected chi connectivity index (χ1v) is 9.39. The average molecular weight is 330 g/mol. The van der Waals surface area contributed by atoms with Crippen LogP contribution in [0.4, 0.5) is 0 Å². The Balaban J connectivity index is 1.34. The van der Waals surface area contributed by atoms with Gasteiger partial charge in [-0.05, 0) is 31.9 Å². The molecule has 1 saturated carbocycles. The second-order valence-electron chi connectivity index (χ2n) is 7.08. The summed E-state index contributed by atoms with van der Waals surface area (Å²) in [7, 11) is 0. The summed E-state index contributed by atoms with van der Waals surface area (Å²) in [5, 5.41) is 3.54. The van der Waals surface area contributed by atoms with Crippen LogP contribution in [0.15, 0.2) is 24.4 Å². The molecule has 0 spiro atoms. The van der Waals surface area contributed by atoms with E-state index >= 15 is 0 Å². The van der Waals surface area contributed by atoms with Crippen LogP contribution in [-0.4, -0.2) is 60.0 Å². The van der Waals surface area contributed by atoms with Crippen molar-refractivity contribution < 1.29 is 4.79 Å². The highest BCUT2D eigenvalue weighted by Crippen LogP contribution is 2.26. The first-order chi connectivity index (χ1) is 11.7. The van der Waals surface area contributed by atoms with Gasteiger partial charge in [0.05, 0.1) is 5.69 Å². The molecule has 1 amide bonds. The van der Waals surface area contributed by atoms with Gasteiger partial charge < -0.3 is 10.2 Å². The molecule has 1 atom stereocenters. The van der Waals surface area contributed by atoms with Gasteiger partial charge in [0, 0.05) is 57.4 Å². The summed E-state index contributed by atoms with van der Waals surface area (Å²) in [5.41, 5.74) is 1.09. The SMILES string of the molecule is C[C@H](NCCN1CCN(C(=O)C2CCCC2)CC1)c1ccccn1. The van der Waals surface area contributed by atoms with E-state index < -0.39 is 0 Å². The molecule has 24 heavy (non-hydrogen) atoms. The van der Waals surface area contributed by atoms with Gasteiger partial charge in [-0.15, -0.1) is 0 Å². The number of piperazine rings is 1. The van der Waals surface area contributed by atoms with E-state index in [1.807, 2.05) is 18.3 Å². The molecule has 1 aliphatic heterocycles. The van der Waals surface area contributed by atoms with E-state index in [0.29, 0.717) is 11.8 Å². The zero-order valence-electron chi connectivity index (χ0n) is 14.8. The number of nitrogens with one attached hydrogen (secondary N) is 1. The van der Waals surface area contributed by atoms with Crippen molar-refractivity contribution in [2.75, 3.05) is 39.3 Å². The number of carbonyl (C=O) groups excluding carboxylic acids is 1. The first kappa shape index (κ1) is 17.4. The van der Waals surface area contributed by atoms with E-state index in [1.165, 1.54) is 12.8 Å². The number of pyridine rings is 1. The smallest absolute Gasteiger partial charge is 0.225 e. The molecule has 5 nitrogen and oxygen atoms in total. The Bertz CT molecular complexity index is 507. The van der Waals surface area contributed by atoms with Crippen LogP contribution in [0, 0.1) is 5.92 Å². The van der Waals surface area contributed by atoms with Gasteiger partial charge in [-0.1, -0.05) is 18.9 Å². The van der Waals surface area contributed by atoms with Gasteiger partial charge in [-0.3, -0.25) is 14.7 Å². The fourth-order valence-electron chi connectivity index (χ4n) is 3.80. The molecule has 1 saturated heterocycles. The lowest BCUT2D eigenvalue weighted by Crippen LogP contribution is -2.51. The van der Waals surface area contributed by atoms with Crippen molar-refractivity contribution >= 4 is 5.91 Å². The summed E-state index contributed by atoms with van der Waals surface area (Å²) in [4.78, 5) is 21.4. The molecule has 3 rings (SSSR count). The van der Waals surface area contributed by atoms with E-state index in [0.717, 1.165) is 57.8 Å². The Morgan fingerprint density at radius 3 is 2.67 bits per heavy atom. The predicted octanol–water partition coefficient (Wildman–Crippen LogP) is 2.07. The summed E-state index contributed by atoms with van der Waals surface area (Å²) in [6.45, 7) is 7.92. The van der Waals surface area contributed by atoms with E-state index in [1.54, 1.807) is 0 Å². The lowest BCUT2D eigenvalue weighted by atomic mass is 10.1. The Hall–Kier alpha value is -1.46. The molecular formula is C19H30N4O. The Labute approximate surface area is 145 Å². The zero-order valence-corrected chi connectivity index (χ0v) is 14.8. The number of carbonyl (C=O) groups is 1. The molecular weight excluding hydrogens is 300 g/mol. The van der Waals surface area contributed by atoms with Crippen LogP contribution in [0.25, 0.3) is 0 Å². The summed E-state index contributed by atoms with van der Waals surface area (Å²) < 4.78 is 0. The van der Waals surface area contributed by atoms with Crippen molar-refractivity contribution in [2.45, 2.75) is 38.6 Å². The number of hydrogen-bond acceptors (Lipinski definition) is 4. The standard InChI is InChI=1S/C19H30N4O/c1-16(18-8-4-5-9-21-18)20-10-11-22-12-14-23(15-13-22)19(24)17-6-2-3-7-17/h4-5,8-9,16-17,20H,2-3,6-7,10-15H2,1H3/t16-/m0/s1. The molecule has 2 heterocycles. The molecule has 5 heteroatoms. The van der Waals surface area contributed by atoms with Gasteiger partial charge in [-0.25, -0.2) is 0 Å². The molecule has 0 aromatic carbocycles. The molecule has 132 valence electrons. The minimum atomic E-state index is 0.274. The van der Waals surface area contributed by atoms with E-state index in [9.17, 15) is 4.79 Å². The number of rotatable bonds is 6. The molecule has 1 aromatic heterocycles. The van der Waals surface area contributed by atoms with Gasteiger partial charge in [0.2, 0.25) is 5.91 Å². The van der Waals surface area contributed by atoms with Crippen molar-refractivity contribution in [3.8, 4) is 0 Å². The molecule has 1 aromatic rings. The molecule has 0 bridgehead atoms. The van der Waals surface area contributed by atoms with Gasteiger partial charge in [0.15, 0.2) is 0 Å². The van der Waals surface area contributed by atoms with Gasteiger partial charge in [-0.2, -0.15) is 0 Å². The van der Waals surface area contributed by atoms with Crippen molar-refractivity contribution in [3.05, 3.63) is 30.1 Å². The van der Waals surface area contributed by atoms with E-state index in [-0.39, 0.29) is 6.04 Å². The molecule has 2 fully saturated rings. The Morgan fingerprint density at radius 2 is 2.00 bits per heavy atom. The van der Waals surface area contributed by atoms with Gasteiger partial charge >= 0.3 is 0 Å². The van der Waals surface area contributed by atoms with Crippen LogP contribution in [0.1, 0.15) is 44.3 Å². The van der Waals surface area contributed by atoms with Crippen molar-refractivity contribution in [1.82, 2.24) is 20.1 Å². The minimum absolute atomic E-state index is 0.274. The normalized spacial score (nSPS) is 21.1. The van der Waals surface area contributed by atoms with Crippen LogP contribution in [-0.2, 0) is 4.79 Å². The minimum Gasteiger partial charge on any atom is -0.340 e. The third-order valence-corrected chi connectivity index (χ3v) is 5.40. The first-order valence-electron chi connectivity index (χ1n) is 9.39. The highest BCUT2D eigenvalue weighted by molar-refractivity contribution is 5.79. The number of amides is 1. The highest BCUT2D eigenvalue weighted by atomic mass is 16.2. The number of hydrogen-bond donors (Lipinski definition) is 1. The summed E-state index contributed by atoms with van der Waals surface area (Å²) >= 11 is 0. The van der Waals surface area contributed by atoms with E-state index in [2.05, 4.69) is 33.1 Å². The Morgan fingerprint density at radius 1 is 1.25 bits per heavy atom. The van der Waals surface area contributed by atoms with Crippen LogP contribution in [0.3, 0.4) is 0 Å². The van der Waals surface area contributed by atoms with Crippen LogP contribution in [0.2, 0.25) is 0 Å². The maximum Gasteiger partial charge on any atom is 0.225 e. The quantitative estimate of drug-likeness (QED) is 0.867. The summed E-state index contributed by atoms with van der Waals surface area (Å²) in [6.07, 6.45) is 6.52. The summed E-state index contributed by atoms with van der Waals surface area (Å²) in [6, 6.07) is 6.31. The van der Waals surface area contributed by atoms with Crippen LogP contribution >= 0.6 is 0 Å². The van der Waals surface area contributed by atoms with E-state index in [4.69, 9.17) is 0 Å². The monoisotopic (exact) mass is 330 g/mol. The van der Waals surface area contributed by atoms with Crippen molar-refractivity contribution in [3.63, 3.8) is 0 Å². The zero-order chi connectivity index (χ0) is 16.8. The van der Waals surface area contributed by atoms with Crippen molar-refractivity contribution in [1.29, 1.82) is 0 Å². The lowest BCUT2D eigenvalue weighted by Gasteiger charge is -2.36. The third-order valence-electron chi connectivity index (χ3n) is 5.40. The lowest BCUT2D eigenvalue weighted by molar-refractivity contribution is -0.137. The maximum atomic E-state index is 12.5. The molecule has 0 unspecified atom stereocenters. The third kappa shape index (κ3) is 4.54. The number of nitrogens with zero attached hydrogens (tertiary/aromatic N) is 3. The Kier molecular flexibility index (Phi) is 6.21. The predicted molar refractivity (Wildman–Crippen MR) is 95.6 cm³/mol. The number of aromatic nitrogens is 1. The van der Waals surface area contributed by atoms with Crippen LogP contribution < -0.4 is 5.32 Å². The fourth-order valence-corrected chi connectivity index (χ4v) is 3.80. The summed E-state index contributed by atoms with van der Waals surface area (Å²) in [5.74, 6) is 0.728. The highest BCUT2D eigenvalue weighted by Gasteiger charge is 2.29. The molecule has 1 N–H and O–H groups in total. The van der Waals surface area contributed by atoms with Crippen LogP contribution in [0.5, 0.6) is 0 Å². The maximum absolute atomic E-state index is 12.5. The largest absolute Gasteiger partial charge is 0.340 e. The second kappa shape index (κ2) is 8.58. The second-order valence-corrected chi connectivity index (χ2v) is 7.08. The topological polar surface area (TPSA) is 48.5 Å². The molecule has 2 aliphatic rings. The van der Waals surface area contributed by atoms with Gasteiger partial charge in [0.25, 0.3) is 0 Å². The molecule has 0 radical (unpaired) electrons. The average Bonchev–Trinajstić information content (AvgIpc) is 3.17. The molecule has 1 aliphatic carbocycles. The van der Waals surface area contributed by atoms with Crippen molar-refractivity contribution in [2.24, 2.45) is 5.92 Å². The fraction of sp³-hybridized carbons (Fsp3) is 0.684.